The molecule has 1 aliphatic rings. The minimum Gasteiger partial charge on any atom is -0.0616 e. The standard InChI is InChI=1S/C55H40/c1-26(2)43-32-14-9-10-15-33(32)44(27(3)4)53-40-23-19-35-37-21-25-42-50-41(24-20-36(47(37)50)34-18-22-39(52(43)53)49(40)46(34)35)54-45(28(5)6)38-17-11-16-30-29-12-7-8-13-31(29)51(48(30)38)55(42)54/h7-28H,1-6H3. The van der Waals surface area contributed by atoms with Crippen LogP contribution in [-0.2, 0) is 0 Å². The van der Waals surface area contributed by atoms with Crippen LogP contribution in [0.2, 0.25) is 0 Å². The molecule has 260 valence electrons. The summed E-state index contributed by atoms with van der Waals surface area (Å²) in [7, 11) is 0. The van der Waals surface area contributed by atoms with Crippen molar-refractivity contribution >= 4 is 108 Å². The summed E-state index contributed by atoms with van der Waals surface area (Å²) in [5.41, 5.74) is 10.2. The first kappa shape index (κ1) is 30.4. The van der Waals surface area contributed by atoms with Gasteiger partial charge in [-0.3, -0.25) is 0 Å². The lowest BCUT2D eigenvalue weighted by molar-refractivity contribution is 0.864. The molecule has 12 aromatic carbocycles. The molecule has 0 amide bonds. The summed E-state index contributed by atoms with van der Waals surface area (Å²) in [4.78, 5) is 0. The van der Waals surface area contributed by atoms with Gasteiger partial charge in [-0.2, -0.15) is 0 Å². The number of rotatable bonds is 3. The Morgan fingerprint density at radius 1 is 0.236 bits per heavy atom. The number of hydrogen-bond donors (Lipinski definition) is 0. The van der Waals surface area contributed by atoms with Gasteiger partial charge in [-0.25, -0.2) is 0 Å². The fourth-order valence-corrected chi connectivity index (χ4v) is 12.1. The van der Waals surface area contributed by atoms with E-state index in [1.54, 1.807) is 0 Å². The van der Waals surface area contributed by atoms with E-state index < -0.39 is 0 Å². The van der Waals surface area contributed by atoms with Gasteiger partial charge in [-0.15, -0.1) is 0 Å². The van der Waals surface area contributed by atoms with E-state index in [0.29, 0.717) is 17.8 Å². The van der Waals surface area contributed by atoms with Crippen LogP contribution in [0, 0.1) is 0 Å². The summed E-state index contributed by atoms with van der Waals surface area (Å²) < 4.78 is 0. The molecule has 0 nitrogen and oxygen atoms in total. The molecule has 0 spiro atoms. The van der Waals surface area contributed by atoms with Crippen LogP contribution in [0.15, 0.2) is 115 Å². The molecule has 0 bridgehead atoms. The fourth-order valence-electron chi connectivity index (χ4n) is 12.1. The highest BCUT2D eigenvalue weighted by atomic mass is 14.4. The highest BCUT2D eigenvalue weighted by Gasteiger charge is 2.33. The maximum Gasteiger partial charge on any atom is -0.000764 e. The molecule has 1 aliphatic carbocycles. The molecule has 13 rings (SSSR count). The zero-order chi connectivity index (χ0) is 36.8. The first-order valence-corrected chi connectivity index (χ1v) is 20.4. The van der Waals surface area contributed by atoms with Gasteiger partial charge in [0, 0.05) is 0 Å². The predicted molar refractivity (Wildman–Crippen MR) is 242 cm³/mol. The van der Waals surface area contributed by atoms with Crippen LogP contribution < -0.4 is 0 Å². The Morgan fingerprint density at radius 3 is 1.15 bits per heavy atom. The Hall–Kier alpha value is -5.98. The Balaban J connectivity index is 1.23. The summed E-state index contributed by atoms with van der Waals surface area (Å²) in [6, 6.07) is 45.1. The second kappa shape index (κ2) is 10.0. The lowest BCUT2D eigenvalue weighted by atomic mass is 9.80. The number of fused-ring (bicyclic) bond motifs is 13. The van der Waals surface area contributed by atoms with Crippen LogP contribution in [0.4, 0.5) is 0 Å². The second-order valence-corrected chi connectivity index (χ2v) is 17.5. The van der Waals surface area contributed by atoms with E-state index in [-0.39, 0.29) is 0 Å². The molecule has 0 saturated carbocycles. The molecule has 0 aromatic heterocycles. The Kier molecular flexibility index (Phi) is 5.52. The molecule has 0 N–H and O–H groups in total. The summed E-state index contributed by atoms with van der Waals surface area (Å²) in [5.74, 6) is 1.19. The SMILES string of the molecule is CC(C)c1c2c(c(C(C)C)c3ccccc13)-c1ccc3c4ccc5c6c(ccc(c7ccc-2c1c73)c46)c1c(C(C)C)c2cccc3c4ccccc4c(c23)c51. The quantitative estimate of drug-likeness (QED) is 0.127. The maximum atomic E-state index is 2.48. The van der Waals surface area contributed by atoms with Crippen LogP contribution >= 0.6 is 0 Å². The molecule has 0 heteroatoms. The monoisotopic (exact) mass is 700 g/mol. The molecule has 0 unspecified atom stereocenters. The summed E-state index contributed by atoms with van der Waals surface area (Å²) >= 11 is 0. The highest BCUT2D eigenvalue weighted by Crippen LogP contribution is 2.59. The van der Waals surface area contributed by atoms with Crippen molar-refractivity contribution in [3.8, 4) is 22.3 Å². The first-order chi connectivity index (χ1) is 26.8. The van der Waals surface area contributed by atoms with Gasteiger partial charge in [0.05, 0.1) is 0 Å². The van der Waals surface area contributed by atoms with E-state index in [1.165, 1.54) is 147 Å². The molecule has 0 radical (unpaired) electrons. The molecule has 0 saturated heterocycles. The number of hydrogen-bond acceptors (Lipinski definition) is 0. The van der Waals surface area contributed by atoms with Gasteiger partial charge in [0.25, 0.3) is 0 Å². The summed E-state index contributed by atoms with van der Waals surface area (Å²) in [6.45, 7) is 14.3. The van der Waals surface area contributed by atoms with Crippen molar-refractivity contribution in [3.63, 3.8) is 0 Å². The van der Waals surface area contributed by atoms with Crippen molar-refractivity contribution in [2.75, 3.05) is 0 Å². The van der Waals surface area contributed by atoms with E-state index in [9.17, 15) is 0 Å². The third kappa shape index (κ3) is 3.36. The minimum absolute atomic E-state index is 0.385. The van der Waals surface area contributed by atoms with E-state index in [0.717, 1.165) is 0 Å². The maximum absolute atomic E-state index is 2.48. The van der Waals surface area contributed by atoms with Crippen LogP contribution in [0.1, 0.15) is 76.0 Å². The Labute approximate surface area is 320 Å². The van der Waals surface area contributed by atoms with E-state index in [1.807, 2.05) is 0 Å². The predicted octanol–water partition coefficient (Wildman–Crippen LogP) is 16.5. The van der Waals surface area contributed by atoms with E-state index in [2.05, 4.69) is 157 Å². The van der Waals surface area contributed by atoms with Gasteiger partial charge in [-0.1, -0.05) is 157 Å². The van der Waals surface area contributed by atoms with Crippen molar-refractivity contribution < 1.29 is 0 Å². The number of benzene rings is 10. The normalized spacial score (nSPS) is 13.4. The van der Waals surface area contributed by atoms with Crippen molar-refractivity contribution in [2.24, 2.45) is 0 Å². The van der Waals surface area contributed by atoms with Gasteiger partial charge in [-0.05, 0) is 164 Å². The van der Waals surface area contributed by atoms with Crippen molar-refractivity contribution in [3.05, 3.63) is 132 Å². The zero-order valence-electron chi connectivity index (χ0n) is 32.2. The Morgan fingerprint density at radius 2 is 0.582 bits per heavy atom. The fraction of sp³-hybridized carbons (Fsp3) is 0.164. The van der Waals surface area contributed by atoms with Crippen LogP contribution in [0.3, 0.4) is 0 Å². The zero-order valence-corrected chi connectivity index (χ0v) is 32.2. The third-order valence-corrected chi connectivity index (χ3v) is 13.9. The van der Waals surface area contributed by atoms with Gasteiger partial charge < -0.3 is 0 Å². The molecule has 0 fully saturated rings. The summed E-state index contributed by atoms with van der Waals surface area (Å²) in [5, 5.41) is 28.2. The van der Waals surface area contributed by atoms with Gasteiger partial charge >= 0.3 is 0 Å². The molecule has 55 heavy (non-hydrogen) atoms. The van der Waals surface area contributed by atoms with Crippen LogP contribution in [0.25, 0.3) is 130 Å². The molecule has 0 aliphatic heterocycles. The molecule has 0 atom stereocenters. The molecule has 0 heterocycles. The van der Waals surface area contributed by atoms with Crippen molar-refractivity contribution in [1.29, 1.82) is 0 Å². The van der Waals surface area contributed by atoms with Crippen molar-refractivity contribution in [1.82, 2.24) is 0 Å². The average molecular weight is 701 g/mol. The van der Waals surface area contributed by atoms with E-state index in [4.69, 9.17) is 0 Å². The largest absolute Gasteiger partial charge is 0.0616 e. The van der Waals surface area contributed by atoms with Gasteiger partial charge in [0.2, 0.25) is 0 Å². The molecular formula is C55H40. The second-order valence-electron chi connectivity index (χ2n) is 17.5. The van der Waals surface area contributed by atoms with E-state index >= 15 is 0 Å². The van der Waals surface area contributed by atoms with Crippen molar-refractivity contribution in [2.45, 2.75) is 59.3 Å². The average Bonchev–Trinajstić information content (AvgIpc) is 3.83. The molecular weight excluding hydrogens is 661 g/mol. The van der Waals surface area contributed by atoms with Crippen LogP contribution in [-0.4, -0.2) is 0 Å². The first-order valence-electron chi connectivity index (χ1n) is 20.4. The highest BCUT2D eigenvalue weighted by molar-refractivity contribution is 6.49. The van der Waals surface area contributed by atoms with Gasteiger partial charge in [0.15, 0.2) is 0 Å². The smallest absolute Gasteiger partial charge is 0.000764 e. The third-order valence-electron chi connectivity index (χ3n) is 13.9. The topological polar surface area (TPSA) is 0 Å². The van der Waals surface area contributed by atoms with Gasteiger partial charge in [0.1, 0.15) is 0 Å². The Bertz CT molecular complexity index is 3560. The molecule has 12 aromatic rings. The summed E-state index contributed by atoms with van der Waals surface area (Å²) in [6.07, 6.45) is 0. The lowest BCUT2D eigenvalue weighted by Crippen LogP contribution is -2.01. The van der Waals surface area contributed by atoms with Crippen LogP contribution in [0.5, 0.6) is 0 Å². The minimum atomic E-state index is 0.385. The lowest BCUT2D eigenvalue weighted by Gasteiger charge is -2.23.